The van der Waals surface area contributed by atoms with E-state index in [2.05, 4.69) is 15.3 Å². The Balaban J connectivity index is 1.42. The molecule has 0 spiro atoms. The molecule has 1 N–H and O–H groups in total. The smallest absolute Gasteiger partial charge is 0.368 e. The van der Waals surface area contributed by atoms with Gasteiger partial charge in [-0.2, -0.15) is 22.8 Å². The van der Waals surface area contributed by atoms with Gasteiger partial charge in [-0.25, -0.2) is 4.98 Å². The monoisotopic (exact) mass is 416 g/mol. The number of rotatable bonds is 2. The third kappa shape index (κ3) is 3.47. The lowest BCUT2D eigenvalue weighted by molar-refractivity contribution is -0.137. The van der Waals surface area contributed by atoms with Crippen molar-refractivity contribution in [1.82, 2.24) is 19.9 Å². The lowest BCUT2D eigenvalue weighted by Gasteiger charge is -2.38. The van der Waals surface area contributed by atoms with Gasteiger partial charge in [-0.05, 0) is 31.2 Å². The van der Waals surface area contributed by atoms with Gasteiger partial charge in [0.2, 0.25) is 0 Å². The molecule has 5 rings (SSSR count). The van der Waals surface area contributed by atoms with Crippen LogP contribution in [0, 0.1) is 0 Å². The Morgan fingerprint density at radius 2 is 1.70 bits per heavy atom. The van der Waals surface area contributed by atoms with E-state index in [9.17, 15) is 13.2 Å². The van der Waals surface area contributed by atoms with Gasteiger partial charge in [0.05, 0.1) is 17.5 Å². The van der Waals surface area contributed by atoms with Crippen LogP contribution in [0.1, 0.15) is 16.8 Å². The quantitative estimate of drug-likeness (QED) is 0.696. The van der Waals surface area contributed by atoms with E-state index < -0.39 is 11.7 Å². The van der Waals surface area contributed by atoms with Gasteiger partial charge in [-0.3, -0.25) is 0 Å². The van der Waals surface area contributed by atoms with Crippen molar-refractivity contribution in [3.63, 3.8) is 0 Å². The predicted octanol–water partition coefficient (Wildman–Crippen LogP) is 2.76. The SMILES string of the molecule is FC(F)(F)c1cccc(N2CCN(c3c4c(nc5ccnn35)CCNCC4)CC2)c1. The Hall–Kier alpha value is -2.81. The molecule has 2 aliphatic heterocycles. The molecule has 30 heavy (non-hydrogen) atoms. The summed E-state index contributed by atoms with van der Waals surface area (Å²) in [5.41, 5.74) is 3.19. The molecule has 0 bridgehead atoms. The molecule has 158 valence electrons. The number of alkyl halides is 3. The molecule has 9 heteroatoms. The molecule has 1 saturated heterocycles. The van der Waals surface area contributed by atoms with Gasteiger partial charge in [0, 0.05) is 56.5 Å². The van der Waals surface area contributed by atoms with E-state index in [0.717, 1.165) is 62.2 Å². The molecule has 0 amide bonds. The number of hydrogen-bond acceptors (Lipinski definition) is 5. The van der Waals surface area contributed by atoms with Gasteiger partial charge in [0.15, 0.2) is 5.65 Å². The summed E-state index contributed by atoms with van der Waals surface area (Å²) in [4.78, 5) is 9.13. The fourth-order valence-electron chi connectivity index (χ4n) is 4.40. The van der Waals surface area contributed by atoms with Crippen molar-refractivity contribution in [2.75, 3.05) is 49.1 Å². The summed E-state index contributed by atoms with van der Waals surface area (Å²) in [6.45, 7) is 4.55. The number of fused-ring (bicyclic) bond motifs is 2. The molecule has 0 saturated carbocycles. The van der Waals surface area contributed by atoms with Crippen LogP contribution in [0.15, 0.2) is 36.5 Å². The molecule has 2 aliphatic rings. The number of piperazine rings is 1. The van der Waals surface area contributed by atoms with E-state index in [1.807, 2.05) is 15.5 Å². The average Bonchev–Trinajstić information content (AvgIpc) is 3.08. The predicted molar refractivity (Wildman–Crippen MR) is 109 cm³/mol. The summed E-state index contributed by atoms with van der Waals surface area (Å²) in [5.74, 6) is 1.08. The topological polar surface area (TPSA) is 48.7 Å². The van der Waals surface area contributed by atoms with E-state index in [-0.39, 0.29) is 0 Å². The summed E-state index contributed by atoms with van der Waals surface area (Å²) >= 11 is 0. The first-order chi connectivity index (χ1) is 14.5. The second-order valence-corrected chi connectivity index (χ2v) is 7.73. The minimum atomic E-state index is -4.33. The maximum Gasteiger partial charge on any atom is 0.416 e. The van der Waals surface area contributed by atoms with Crippen molar-refractivity contribution < 1.29 is 13.2 Å². The molecule has 2 aromatic heterocycles. The number of aromatic nitrogens is 3. The van der Waals surface area contributed by atoms with Crippen molar-refractivity contribution in [3.05, 3.63) is 53.3 Å². The standard InChI is InChI=1S/C21H23F3N6/c22-21(23,24)15-2-1-3-16(14-15)28-10-12-29(13-11-28)20-17-4-7-25-8-5-18(17)27-19-6-9-26-30(19)20/h1-3,6,9,14,25H,4-5,7-8,10-13H2. The third-order valence-electron chi connectivity index (χ3n) is 5.90. The molecule has 4 heterocycles. The average molecular weight is 416 g/mol. The van der Waals surface area contributed by atoms with Gasteiger partial charge in [0.25, 0.3) is 0 Å². The van der Waals surface area contributed by atoms with Crippen molar-refractivity contribution >= 4 is 17.2 Å². The normalized spacial score (nSPS) is 17.8. The summed E-state index contributed by atoms with van der Waals surface area (Å²) in [7, 11) is 0. The van der Waals surface area contributed by atoms with Crippen molar-refractivity contribution in [2.24, 2.45) is 0 Å². The Morgan fingerprint density at radius 1 is 0.933 bits per heavy atom. The molecular weight excluding hydrogens is 393 g/mol. The van der Waals surface area contributed by atoms with Crippen LogP contribution in [0.2, 0.25) is 0 Å². The Kier molecular flexibility index (Phi) is 4.77. The third-order valence-corrected chi connectivity index (χ3v) is 5.90. The van der Waals surface area contributed by atoms with Gasteiger partial charge in [-0.1, -0.05) is 6.07 Å². The minimum absolute atomic E-state index is 0.604. The van der Waals surface area contributed by atoms with E-state index in [4.69, 9.17) is 4.98 Å². The highest BCUT2D eigenvalue weighted by Crippen LogP contribution is 2.33. The molecule has 6 nitrogen and oxygen atoms in total. The number of nitrogens with one attached hydrogen (secondary N) is 1. The second kappa shape index (κ2) is 7.46. The molecule has 0 unspecified atom stereocenters. The van der Waals surface area contributed by atoms with E-state index in [1.165, 1.54) is 17.7 Å². The Morgan fingerprint density at radius 3 is 2.50 bits per heavy atom. The summed E-state index contributed by atoms with van der Waals surface area (Å²) in [6.07, 6.45) is -0.788. The molecule has 3 aromatic rings. The van der Waals surface area contributed by atoms with Crippen LogP contribution in [-0.4, -0.2) is 53.9 Å². The number of anilines is 2. The molecule has 0 radical (unpaired) electrons. The maximum atomic E-state index is 13.1. The Bertz CT molecular complexity index is 1050. The zero-order chi connectivity index (χ0) is 20.7. The minimum Gasteiger partial charge on any atom is -0.368 e. The first-order valence-corrected chi connectivity index (χ1v) is 10.2. The van der Waals surface area contributed by atoms with Crippen molar-refractivity contribution in [1.29, 1.82) is 0 Å². The Labute approximate surface area is 172 Å². The summed E-state index contributed by atoms with van der Waals surface area (Å²) < 4.78 is 41.2. The fraction of sp³-hybridized carbons (Fsp3) is 0.429. The highest BCUT2D eigenvalue weighted by atomic mass is 19.4. The molecule has 1 fully saturated rings. The van der Waals surface area contributed by atoms with E-state index in [0.29, 0.717) is 18.8 Å². The van der Waals surface area contributed by atoms with Crippen LogP contribution >= 0.6 is 0 Å². The summed E-state index contributed by atoms with van der Waals surface area (Å²) in [6, 6.07) is 7.51. The van der Waals surface area contributed by atoms with Crippen LogP contribution in [0.4, 0.5) is 24.7 Å². The van der Waals surface area contributed by atoms with Crippen LogP contribution in [-0.2, 0) is 19.0 Å². The lowest BCUT2D eigenvalue weighted by atomic mass is 10.1. The highest BCUT2D eigenvalue weighted by molar-refractivity contribution is 5.59. The zero-order valence-electron chi connectivity index (χ0n) is 16.5. The van der Waals surface area contributed by atoms with Gasteiger partial charge in [-0.15, -0.1) is 0 Å². The van der Waals surface area contributed by atoms with Crippen LogP contribution in [0.25, 0.3) is 5.65 Å². The first-order valence-electron chi connectivity index (χ1n) is 10.2. The number of benzene rings is 1. The first kappa shape index (κ1) is 19.2. The number of nitrogens with zero attached hydrogens (tertiary/aromatic N) is 5. The lowest BCUT2D eigenvalue weighted by Crippen LogP contribution is -2.47. The van der Waals surface area contributed by atoms with Crippen molar-refractivity contribution in [2.45, 2.75) is 19.0 Å². The summed E-state index contributed by atoms with van der Waals surface area (Å²) in [5, 5.41) is 7.93. The van der Waals surface area contributed by atoms with E-state index >= 15 is 0 Å². The fourth-order valence-corrected chi connectivity index (χ4v) is 4.40. The molecular formula is C21H23F3N6. The number of halogens is 3. The zero-order valence-corrected chi connectivity index (χ0v) is 16.5. The van der Waals surface area contributed by atoms with Crippen molar-refractivity contribution in [3.8, 4) is 0 Å². The van der Waals surface area contributed by atoms with Crippen LogP contribution < -0.4 is 15.1 Å². The number of hydrogen-bond donors (Lipinski definition) is 1. The largest absolute Gasteiger partial charge is 0.416 e. The molecule has 1 aromatic carbocycles. The van der Waals surface area contributed by atoms with Gasteiger partial charge < -0.3 is 15.1 Å². The highest BCUT2D eigenvalue weighted by Gasteiger charge is 2.31. The van der Waals surface area contributed by atoms with E-state index in [1.54, 1.807) is 12.3 Å². The molecule has 0 atom stereocenters. The van der Waals surface area contributed by atoms with Crippen LogP contribution in [0.5, 0.6) is 0 Å². The maximum absolute atomic E-state index is 13.1. The van der Waals surface area contributed by atoms with Gasteiger partial charge >= 0.3 is 6.18 Å². The van der Waals surface area contributed by atoms with Gasteiger partial charge in [0.1, 0.15) is 5.82 Å². The molecule has 0 aliphatic carbocycles. The van der Waals surface area contributed by atoms with Crippen LogP contribution in [0.3, 0.4) is 0 Å². The second-order valence-electron chi connectivity index (χ2n) is 7.73.